The van der Waals surface area contributed by atoms with Crippen molar-refractivity contribution in [3.05, 3.63) is 90.7 Å². The number of carbonyl (C=O) groups excluding carboxylic acids is 1. The zero-order valence-corrected chi connectivity index (χ0v) is 20.2. The van der Waals surface area contributed by atoms with Crippen LogP contribution in [0.3, 0.4) is 0 Å². The lowest BCUT2D eigenvalue weighted by atomic mass is 10.2. The summed E-state index contributed by atoms with van der Waals surface area (Å²) in [6.45, 7) is 1.91. The minimum absolute atomic E-state index is 0.117. The van der Waals surface area contributed by atoms with Gasteiger partial charge < -0.3 is 14.5 Å². The summed E-state index contributed by atoms with van der Waals surface area (Å²) in [5.74, 6) is 2.20. The number of fused-ring (bicyclic) bond motifs is 1. The molecule has 0 aliphatic rings. The van der Waals surface area contributed by atoms with Crippen molar-refractivity contribution in [2.75, 3.05) is 12.9 Å². The second-order valence-electron chi connectivity index (χ2n) is 7.97. The summed E-state index contributed by atoms with van der Waals surface area (Å²) in [6, 6.07) is 27.0. The minimum atomic E-state index is -0.255. The molecule has 2 heterocycles. The normalized spacial score (nSPS) is 11.9. The number of methoxy groups -OCH3 is 1. The number of furan rings is 1. The van der Waals surface area contributed by atoms with Gasteiger partial charge in [-0.15, -0.1) is 10.2 Å². The zero-order valence-electron chi connectivity index (χ0n) is 19.3. The van der Waals surface area contributed by atoms with Crippen LogP contribution in [0.1, 0.15) is 18.7 Å². The molecule has 1 unspecified atom stereocenters. The highest BCUT2D eigenvalue weighted by Crippen LogP contribution is 2.30. The summed E-state index contributed by atoms with van der Waals surface area (Å²) >= 11 is 1.33. The first-order chi connectivity index (χ1) is 17.1. The number of nitrogens with zero attached hydrogens (tertiary/aromatic N) is 3. The van der Waals surface area contributed by atoms with Crippen LogP contribution in [0.5, 0.6) is 5.75 Å². The predicted octanol–water partition coefficient (Wildman–Crippen LogP) is 5.66. The number of hydrogen-bond acceptors (Lipinski definition) is 6. The number of rotatable bonds is 8. The Balaban J connectivity index is 1.35. The van der Waals surface area contributed by atoms with Crippen molar-refractivity contribution in [3.63, 3.8) is 0 Å². The maximum absolute atomic E-state index is 12.8. The monoisotopic (exact) mass is 484 g/mol. The van der Waals surface area contributed by atoms with E-state index in [1.807, 2.05) is 96.4 Å². The summed E-state index contributed by atoms with van der Waals surface area (Å²) < 4.78 is 13.2. The molecule has 3 aromatic carbocycles. The fraction of sp³-hybridized carbons (Fsp3) is 0.148. The number of hydrogen-bond donors (Lipinski definition) is 1. The Labute approximate surface area is 207 Å². The lowest BCUT2D eigenvalue weighted by Gasteiger charge is -2.12. The van der Waals surface area contributed by atoms with E-state index in [0.717, 1.165) is 33.7 Å². The molecular weight excluding hydrogens is 460 g/mol. The van der Waals surface area contributed by atoms with Crippen LogP contribution < -0.4 is 10.1 Å². The van der Waals surface area contributed by atoms with Gasteiger partial charge in [0.1, 0.15) is 17.1 Å². The first-order valence-electron chi connectivity index (χ1n) is 11.2. The molecule has 5 rings (SSSR count). The molecule has 0 saturated carbocycles. The highest BCUT2D eigenvalue weighted by atomic mass is 32.2. The van der Waals surface area contributed by atoms with Crippen LogP contribution in [-0.2, 0) is 4.79 Å². The molecule has 0 spiro atoms. The highest BCUT2D eigenvalue weighted by Gasteiger charge is 2.19. The molecule has 1 atom stereocenters. The van der Waals surface area contributed by atoms with Crippen LogP contribution in [0.2, 0.25) is 0 Å². The molecule has 0 aliphatic heterocycles. The van der Waals surface area contributed by atoms with Crippen molar-refractivity contribution >= 4 is 28.6 Å². The van der Waals surface area contributed by atoms with Gasteiger partial charge in [-0.3, -0.25) is 9.36 Å². The Morgan fingerprint density at radius 1 is 1.03 bits per heavy atom. The van der Waals surface area contributed by atoms with Crippen LogP contribution in [0.4, 0.5) is 0 Å². The second-order valence-corrected chi connectivity index (χ2v) is 8.92. The predicted molar refractivity (Wildman–Crippen MR) is 137 cm³/mol. The van der Waals surface area contributed by atoms with E-state index < -0.39 is 0 Å². The third kappa shape index (κ3) is 4.93. The van der Waals surface area contributed by atoms with Crippen LogP contribution in [0.15, 0.2) is 94.5 Å². The highest BCUT2D eigenvalue weighted by molar-refractivity contribution is 7.99. The van der Waals surface area contributed by atoms with Crippen LogP contribution >= 0.6 is 11.8 Å². The molecule has 0 aliphatic carbocycles. The lowest BCUT2D eigenvalue weighted by molar-refractivity contribution is -0.119. The van der Waals surface area contributed by atoms with E-state index in [4.69, 9.17) is 9.15 Å². The molecule has 35 heavy (non-hydrogen) atoms. The molecule has 0 radical (unpaired) electrons. The molecule has 0 bridgehead atoms. The van der Waals surface area contributed by atoms with Crippen molar-refractivity contribution in [2.24, 2.45) is 0 Å². The molecule has 0 saturated heterocycles. The standard InChI is InChI=1S/C27H24N4O3S/c1-18(24-16-19-9-6-7-14-23(19)34-24)28-25(32)17-35-27-30-29-26(20-10-8-13-22(15-20)33-2)31(27)21-11-4-3-5-12-21/h3-16,18H,17H2,1-2H3,(H,28,32). The van der Waals surface area contributed by atoms with Gasteiger partial charge in [0.05, 0.1) is 18.9 Å². The number of para-hydroxylation sites is 2. The van der Waals surface area contributed by atoms with E-state index in [1.165, 1.54) is 11.8 Å². The molecule has 8 heteroatoms. The molecule has 1 amide bonds. The number of ether oxygens (including phenoxy) is 1. The third-order valence-corrected chi connectivity index (χ3v) is 6.49. The van der Waals surface area contributed by atoms with E-state index in [2.05, 4.69) is 15.5 Å². The van der Waals surface area contributed by atoms with E-state index in [0.29, 0.717) is 11.0 Å². The fourth-order valence-corrected chi connectivity index (χ4v) is 4.59. The van der Waals surface area contributed by atoms with Crippen LogP contribution in [0, 0.1) is 0 Å². The zero-order chi connectivity index (χ0) is 24.2. The number of thioether (sulfide) groups is 1. The molecule has 0 fully saturated rings. The Morgan fingerprint density at radius 3 is 2.63 bits per heavy atom. The molecule has 176 valence electrons. The van der Waals surface area contributed by atoms with E-state index in [-0.39, 0.29) is 17.7 Å². The quantitative estimate of drug-likeness (QED) is 0.286. The van der Waals surface area contributed by atoms with Crippen LogP contribution in [-0.4, -0.2) is 33.5 Å². The number of aromatic nitrogens is 3. The average molecular weight is 485 g/mol. The molecule has 2 aromatic heterocycles. The molecule has 5 aromatic rings. The van der Waals surface area contributed by atoms with Crippen molar-refractivity contribution in [3.8, 4) is 22.8 Å². The summed E-state index contributed by atoms with van der Waals surface area (Å²) in [4.78, 5) is 12.8. The van der Waals surface area contributed by atoms with Gasteiger partial charge >= 0.3 is 0 Å². The number of amides is 1. The fourth-order valence-electron chi connectivity index (χ4n) is 3.82. The average Bonchev–Trinajstić information content (AvgIpc) is 3.52. The van der Waals surface area contributed by atoms with E-state index in [9.17, 15) is 4.79 Å². The molecule has 7 nitrogen and oxygen atoms in total. The maximum Gasteiger partial charge on any atom is 0.231 e. The lowest BCUT2D eigenvalue weighted by Crippen LogP contribution is -2.28. The first kappa shape index (κ1) is 22.7. The van der Waals surface area contributed by atoms with Gasteiger partial charge in [-0.2, -0.15) is 0 Å². The SMILES string of the molecule is COc1cccc(-c2nnc(SCC(=O)NC(C)c3cc4ccccc4o3)n2-c2ccccc2)c1. The van der Waals surface area contributed by atoms with E-state index >= 15 is 0 Å². The summed E-state index contributed by atoms with van der Waals surface area (Å²) in [7, 11) is 1.63. The smallest absolute Gasteiger partial charge is 0.231 e. The number of nitrogens with one attached hydrogen (secondary N) is 1. The van der Waals surface area contributed by atoms with Gasteiger partial charge in [0.25, 0.3) is 0 Å². The van der Waals surface area contributed by atoms with Crippen molar-refractivity contribution < 1.29 is 13.9 Å². The Morgan fingerprint density at radius 2 is 1.83 bits per heavy atom. The van der Waals surface area contributed by atoms with Crippen molar-refractivity contribution in [2.45, 2.75) is 18.1 Å². The topological polar surface area (TPSA) is 82.2 Å². The molecular formula is C27H24N4O3S. The second kappa shape index (κ2) is 10.1. The van der Waals surface area contributed by atoms with Gasteiger partial charge in [-0.1, -0.05) is 60.3 Å². The largest absolute Gasteiger partial charge is 0.497 e. The maximum atomic E-state index is 12.8. The number of carbonyl (C=O) groups is 1. The first-order valence-corrected chi connectivity index (χ1v) is 12.2. The molecule has 1 N–H and O–H groups in total. The van der Waals surface area contributed by atoms with Gasteiger partial charge in [0, 0.05) is 16.6 Å². The Bertz CT molecular complexity index is 1430. The summed E-state index contributed by atoms with van der Waals surface area (Å²) in [6.07, 6.45) is 0. The van der Waals surface area contributed by atoms with Crippen molar-refractivity contribution in [1.82, 2.24) is 20.1 Å². The Hall–Kier alpha value is -4.04. The van der Waals surface area contributed by atoms with Gasteiger partial charge in [0.2, 0.25) is 5.91 Å². The van der Waals surface area contributed by atoms with Gasteiger partial charge in [0.15, 0.2) is 11.0 Å². The van der Waals surface area contributed by atoms with Gasteiger partial charge in [-0.05, 0) is 43.3 Å². The summed E-state index contributed by atoms with van der Waals surface area (Å²) in [5, 5.41) is 13.5. The van der Waals surface area contributed by atoms with E-state index in [1.54, 1.807) is 7.11 Å². The number of benzene rings is 3. The van der Waals surface area contributed by atoms with Gasteiger partial charge in [-0.25, -0.2) is 0 Å². The third-order valence-electron chi connectivity index (χ3n) is 5.56. The van der Waals surface area contributed by atoms with Crippen molar-refractivity contribution in [1.29, 1.82) is 0 Å². The summed E-state index contributed by atoms with van der Waals surface area (Å²) in [5.41, 5.74) is 2.59. The minimum Gasteiger partial charge on any atom is -0.497 e. The van der Waals surface area contributed by atoms with Crippen LogP contribution in [0.25, 0.3) is 28.0 Å². The Kier molecular flexibility index (Phi) is 6.54.